The number of benzene rings is 2. The zero-order chi connectivity index (χ0) is 21.4. The molecular weight excluding hydrogens is 392 g/mol. The molecule has 29 heavy (non-hydrogen) atoms. The van der Waals surface area contributed by atoms with Gasteiger partial charge in [0.2, 0.25) is 0 Å². The highest BCUT2D eigenvalue weighted by molar-refractivity contribution is 7.92. The number of esters is 1. The van der Waals surface area contributed by atoms with E-state index in [1.165, 1.54) is 31.3 Å². The number of carbonyl (C=O) groups is 2. The van der Waals surface area contributed by atoms with E-state index >= 15 is 0 Å². The lowest BCUT2D eigenvalue weighted by Gasteiger charge is -2.19. The third kappa shape index (κ3) is 5.80. The minimum atomic E-state index is -3.86. The standard InChI is InChI=1S/C21H26N2O5S/c1-4-17(5-2)22-20(24)15-28-21(25)16-10-9-13-19(14-16)29(26,27)23(3)18-11-7-6-8-12-18/h6-14,17H,4-5,15H2,1-3H3,(H,22,24). The predicted octanol–water partition coefficient (Wildman–Crippen LogP) is 2.97. The Morgan fingerprint density at radius 1 is 1.03 bits per heavy atom. The second-order valence-corrected chi connectivity index (χ2v) is 8.46. The van der Waals surface area contributed by atoms with Crippen LogP contribution in [0.2, 0.25) is 0 Å². The quantitative estimate of drug-likeness (QED) is 0.632. The third-order valence-electron chi connectivity index (χ3n) is 4.53. The molecule has 0 saturated carbocycles. The number of para-hydroxylation sites is 1. The summed E-state index contributed by atoms with van der Waals surface area (Å²) in [5, 5.41) is 2.77. The van der Waals surface area contributed by atoms with Crippen LogP contribution in [-0.4, -0.2) is 40.0 Å². The van der Waals surface area contributed by atoms with Gasteiger partial charge in [-0.1, -0.05) is 38.1 Å². The molecule has 2 aromatic carbocycles. The van der Waals surface area contributed by atoms with Crippen molar-refractivity contribution in [1.82, 2.24) is 5.32 Å². The molecule has 8 heteroatoms. The summed E-state index contributed by atoms with van der Waals surface area (Å²) < 4.78 is 31.9. The van der Waals surface area contributed by atoms with E-state index in [9.17, 15) is 18.0 Å². The molecule has 0 radical (unpaired) electrons. The fourth-order valence-electron chi connectivity index (χ4n) is 2.69. The van der Waals surface area contributed by atoms with Gasteiger partial charge in [0.1, 0.15) is 0 Å². The Morgan fingerprint density at radius 2 is 1.69 bits per heavy atom. The van der Waals surface area contributed by atoms with Crippen molar-refractivity contribution in [3.8, 4) is 0 Å². The van der Waals surface area contributed by atoms with Crippen LogP contribution in [0.4, 0.5) is 5.69 Å². The molecule has 0 aromatic heterocycles. The molecule has 0 bridgehead atoms. The molecule has 0 aliphatic heterocycles. The van der Waals surface area contributed by atoms with E-state index in [0.29, 0.717) is 5.69 Å². The number of hydrogen-bond acceptors (Lipinski definition) is 5. The predicted molar refractivity (Wildman–Crippen MR) is 111 cm³/mol. The summed E-state index contributed by atoms with van der Waals surface area (Å²) in [6, 6.07) is 14.2. The number of sulfonamides is 1. The highest BCUT2D eigenvalue weighted by atomic mass is 32.2. The van der Waals surface area contributed by atoms with Crippen molar-refractivity contribution in [2.24, 2.45) is 0 Å². The van der Waals surface area contributed by atoms with Gasteiger partial charge in [-0.05, 0) is 43.2 Å². The van der Waals surface area contributed by atoms with Crippen molar-refractivity contribution in [1.29, 1.82) is 0 Å². The second-order valence-electron chi connectivity index (χ2n) is 6.49. The molecule has 1 amide bonds. The second kappa shape index (κ2) is 10.1. The first-order valence-electron chi connectivity index (χ1n) is 9.40. The first kappa shape index (κ1) is 22.4. The van der Waals surface area contributed by atoms with Crippen LogP contribution in [0.3, 0.4) is 0 Å². The van der Waals surface area contributed by atoms with E-state index in [4.69, 9.17) is 4.74 Å². The molecule has 0 aliphatic carbocycles. The van der Waals surface area contributed by atoms with E-state index < -0.39 is 22.6 Å². The van der Waals surface area contributed by atoms with Gasteiger partial charge in [-0.2, -0.15) is 0 Å². The van der Waals surface area contributed by atoms with Crippen LogP contribution in [-0.2, 0) is 19.6 Å². The summed E-state index contributed by atoms with van der Waals surface area (Å²) >= 11 is 0. The molecule has 0 heterocycles. The third-order valence-corrected chi connectivity index (χ3v) is 6.31. The van der Waals surface area contributed by atoms with Crippen molar-refractivity contribution >= 4 is 27.6 Å². The van der Waals surface area contributed by atoms with E-state index in [1.54, 1.807) is 30.3 Å². The van der Waals surface area contributed by atoms with Gasteiger partial charge < -0.3 is 10.1 Å². The molecule has 0 spiro atoms. The van der Waals surface area contributed by atoms with Crippen LogP contribution in [0.5, 0.6) is 0 Å². The van der Waals surface area contributed by atoms with Gasteiger partial charge in [-0.25, -0.2) is 13.2 Å². The molecule has 0 fully saturated rings. The molecule has 7 nitrogen and oxygen atoms in total. The molecule has 156 valence electrons. The Kier molecular flexibility index (Phi) is 7.78. The topological polar surface area (TPSA) is 92.8 Å². The lowest BCUT2D eigenvalue weighted by Crippen LogP contribution is -2.36. The Bertz CT molecular complexity index is 941. The zero-order valence-corrected chi connectivity index (χ0v) is 17.6. The molecule has 0 unspecified atom stereocenters. The average Bonchev–Trinajstić information content (AvgIpc) is 2.75. The Hall–Kier alpha value is -2.87. The van der Waals surface area contributed by atoms with Crippen molar-refractivity contribution in [2.75, 3.05) is 18.0 Å². The van der Waals surface area contributed by atoms with Crippen molar-refractivity contribution in [3.63, 3.8) is 0 Å². The first-order chi connectivity index (χ1) is 13.8. The maximum atomic E-state index is 12.9. The maximum Gasteiger partial charge on any atom is 0.338 e. The number of rotatable bonds is 9. The number of ether oxygens (including phenoxy) is 1. The van der Waals surface area contributed by atoms with E-state index in [0.717, 1.165) is 17.1 Å². The summed E-state index contributed by atoms with van der Waals surface area (Å²) in [5.41, 5.74) is 0.557. The van der Waals surface area contributed by atoms with Gasteiger partial charge in [0.15, 0.2) is 6.61 Å². The van der Waals surface area contributed by atoms with Crippen LogP contribution in [0.1, 0.15) is 37.0 Å². The van der Waals surface area contributed by atoms with E-state index in [1.807, 2.05) is 13.8 Å². The van der Waals surface area contributed by atoms with Crippen LogP contribution in [0, 0.1) is 0 Å². The van der Waals surface area contributed by atoms with Crippen LogP contribution >= 0.6 is 0 Å². The average molecular weight is 419 g/mol. The van der Waals surface area contributed by atoms with Crippen LogP contribution in [0.25, 0.3) is 0 Å². The Labute approximate surface area is 171 Å². The molecule has 2 rings (SSSR count). The van der Waals surface area contributed by atoms with Gasteiger partial charge in [0.05, 0.1) is 16.1 Å². The summed E-state index contributed by atoms with van der Waals surface area (Å²) in [6.45, 7) is 3.49. The van der Waals surface area contributed by atoms with Crippen molar-refractivity contribution in [3.05, 3.63) is 60.2 Å². The minimum Gasteiger partial charge on any atom is -0.452 e. The van der Waals surface area contributed by atoms with Gasteiger partial charge in [0, 0.05) is 13.1 Å². The van der Waals surface area contributed by atoms with E-state index in [-0.39, 0.29) is 22.4 Å². The summed E-state index contributed by atoms with van der Waals surface area (Å²) in [6.07, 6.45) is 1.57. The maximum absolute atomic E-state index is 12.9. The normalized spacial score (nSPS) is 11.2. The summed E-state index contributed by atoms with van der Waals surface area (Å²) in [5.74, 6) is -1.15. The monoisotopic (exact) mass is 418 g/mol. The lowest BCUT2D eigenvalue weighted by atomic mass is 10.2. The highest BCUT2D eigenvalue weighted by Crippen LogP contribution is 2.22. The first-order valence-corrected chi connectivity index (χ1v) is 10.8. The van der Waals surface area contributed by atoms with Gasteiger partial charge in [-0.3, -0.25) is 9.10 Å². The van der Waals surface area contributed by atoms with Crippen molar-refractivity contribution in [2.45, 2.75) is 37.6 Å². The summed E-state index contributed by atoms with van der Waals surface area (Å²) in [7, 11) is -2.41. The van der Waals surface area contributed by atoms with Gasteiger partial charge in [-0.15, -0.1) is 0 Å². The summed E-state index contributed by atoms with van der Waals surface area (Å²) in [4.78, 5) is 24.1. The smallest absolute Gasteiger partial charge is 0.338 e. The van der Waals surface area contributed by atoms with Crippen LogP contribution in [0.15, 0.2) is 59.5 Å². The molecule has 1 N–H and O–H groups in total. The number of nitrogens with one attached hydrogen (secondary N) is 1. The fraction of sp³-hybridized carbons (Fsp3) is 0.333. The molecule has 0 atom stereocenters. The number of anilines is 1. The molecule has 0 saturated heterocycles. The molecule has 2 aromatic rings. The zero-order valence-electron chi connectivity index (χ0n) is 16.8. The number of hydrogen-bond donors (Lipinski definition) is 1. The Balaban J connectivity index is 2.10. The molecular formula is C21H26N2O5S. The SMILES string of the molecule is CCC(CC)NC(=O)COC(=O)c1cccc(S(=O)(=O)N(C)c2ccccc2)c1. The van der Waals surface area contributed by atoms with Gasteiger partial charge in [0.25, 0.3) is 15.9 Å². The van der Waals surface area contributed by atoms with E-state index in [2.05, 4.69) is 5.32 Å². The number of nitrogens with zero attached hydrogens (tertiary/aromatic N) is 1. The number of amides is 1. The minimum absolute atomic E-state index is 0.0307. The largest absolute Gasteiger partial charge is 0.452 e. The fourth-order valence-corrected chi connectivity index (χ4v) is 3.94. The number of carbonyl (C=O) groups excluding carboxylic acids is 2. The molecule has 0 aliphatic rings. The Morgan fingerprint density at radius 3 is 2.31 bits per heavy atom. The highest BCUT2D eigenvalue weighted by Gasteiger charge is 2.23. The van der Waals surface area contributed by atoms with Crippen molar-refractivity contribution < 1.29 is 22.7 Å². The van der Waals surface area contributed by atoms with Gasteiger partial charge >= 0.3 is 5.97 Å². The lowest BCUT2D eigenvalue weighted by molar-refractivity contribution is -0.125. The van der Waals surface area contributed by atoms with Crippen LogP contribution < -0.4 is 9.62 Å².